The Hall–Kier alpha value is -1.42. The van der Waals surface area contributed by atoms with Gasteiger partial charge in [0.25, 0.3) is 0 Å². The molecule has 13 heavy (non-hydrogen) atoms. The summed E-state index contributed by atoms with van der Waals surface area (Å²) in [6.07, 6.45) is 0. The van der Waals surface area contributed by atoms with Crippen LogP contribution in [0.5, 0.6) is 5.75 Å². The lowest BCUT2D eigenvalue weighted by atomic mass is 10.1. The standard InChI is InChI=1S/C9H10N2OS/c1-6(11-9(10)13)7-2-4-8(12)5-3-7/h2-5,12H,1H3,(H2,10,13). The normalized spacial score (nSPS) is 11.3. The first-order valence-corrected chi connectivity index (χ1v) is 4.14. The first kappa shape index (κ1) is 9.67. The van der Waals surface area contributed by atoms with Gasteiger partial charge in [0.15, 0.2) is 5.11 Å². The number of aromatic hydroxyl groups is 1. The summed E-state index contributed by atoms with van der Waals surface area (Å²) >= 11 is 4.64. The van der Waals surface area contributed by atoms with Gasteiger partial charge >= 0.3 is 0 Å². The molecule has 68 valence electrons. The summed E-state index contributed by atoms with van der Waals surface area (Å²) in [5.41, 5.74) is 6.89. The molecule has 0 aliphatic heterocycles. The predicted molar refractivity (Wildman–Crippen MR) is 57.1 cm³/mol. The van der Waals surface area contributed by atoms with Crippen LogP contribution in [0.15, 0.2) is 29.3 Å². The molecule has 0 bridgehead atoms. The Morgan fingerprint density at radius 2 is 1.92 bits per heavy atom. The highest BCUT2D eigenvalue weighted by atomic mass is 32.1. The maximum absolute atomic E-state index is 9.03. The Morgan fingerprint density at radius 3 is 2.38 bits per heavy atom. The summed E-state index contributed by atoms with van der Waals surface area (Å²) in [7, 11) is 0. The summed E-state index contributed by atoms with van der Waals surface area (Å²) in [6.45, 7) is 1.81. The molecule has 0 atom stereocenters. The van der Waals surface area contributed by atoms with E-state index in [2.05, 4.69) is 17.2 Å². The number of phenolic OH excluding ortho intramolecular Hbond substituents is 1. The quantitative estimate of drug-likeness (QED) is 0.525. The van der Waals surface area contributed by atoms with Gasteiger partial charge in [-0.2, -0.15) is 0 Å². The zero-order valence-corrected chi connectivity index (χ0v) is 8.01. The van der Waals surface area contributed by atoms with E-state index in [0.29, 0.717) is 0 Å². The Balaban J connectivity index is 2.96. The predicted octanol–water partition coefficient (Wildman–Crippen LogP) is 1.44. The lowest BCUT2D eigenvalue weighted by Crippen LogP contribution is -2.07. The van der Waals surface area contributed by atoms with Crippen molar-refractivity contribution in [1.82, 2.24) is 0 Å². The fourth-order valence-corrected chi connectivity index (χ4v) is 1.07. The minimum absolute atomic E-state index is 0.116. The zero-order chi connectivity index (χ0) is 9.84. The smallest absolute Gasteiger partial charge is 0.190 e. The highest BCUT2D eigenvalue weighted by molar-refractivity contribution is 7.80. The number of aliphatic imine (C=N–C) groups is 1. The molecular formula is C9H10N2OS. The maximum Gasteiger partial charge on any atom is 0.190 e. The van der Waals surface area contributed by atoms with Crippen LogP contribution in [0.3, 0.4) is 0 Å². The van der Waals surface area contributed by atoms with Crippen molar-refractivity contribution in [2.75, 3.05) is 0 Å². The minimum Gasteiger partial charge on any atom is -0.508 e. The Morgan fingerprint density at radius 1 is 1.38 bits per heavy atom. The van der Waals surface area contributed by atoms with Gasteiger partial charge in [-0.25, -0.2) is 4.99 Å². The zero-order valence-electron chi connectivity index (χ0n) is 7.19. The van der Waals surface area contributed by atoms with E-state index in [0.717, 1.165) is 11.3 Å². The molecular weight excluding hydrogens is 184 g/mol. The summed E-state index contributed by atoms with van der Waals surface area (Å²) < 4.78 is 0. The van der Waals surface area contributed by atoms with Crippen LogP contribution in [0.25, 0.3) is 0 Å². The molecule has 0 radical (unpaired) electrons. The summed E-state index contributed by atoms with van der Waals surface area (Å²) in [4.78, 5) is 3.92. The van der Waals surface area contributed by atoms with Crippen molar-refractivity contribution < 1.29 is 5.11 Å². The summed E-state index contributed by atoms with van der Waals surface area (Å²) in [5, 5.41) is 9.15. The molecule has 0 aromatic heterocycles. The van der Waals surface area contributed by atoms with Gasteiger partial charge in [-0.05, 0) is 49.0 Å². The molecule has 0 amide bonds. The van der Waals surface area contributed by atoms with Crippen LogP contribution in [-0.2, 0) is 0 Å². The molecule has 0 aliphatic rings. The van der Waals surface area contributed by atoms with Crippen molar-refractivity contribution in [1.29, 1.82) is 0 Å². The van der Waals surface area contributed by atoms with E-state index in [9.17, 15) is 0 Å². The fourth-order valence-electron chi connectivity index (χ4n) is 0.932. The molecule has 0 unspecified atom stereocenters. The van der Waals surface area contributed by atoms with Crippen LogP contribution in [-0.4, -0.2) is 15.9 Å². The van der Waals surface area contributed by atoms with Gasteiger partial charge in [0, 0.05) is 5.71 Å². The van der Waals surface area contributed by atoms with Crippen LogP contribution in [0.4, 0.5) is 0 Å². The van der Waals surface area contributed by atoms with E-state index in [1.807, 2.05) is 6.92 Å². The Bertz CT molecular complexity index is 343. The third-order valence-corrected chi connectivity index (χ3v) is 1.65. The SMILES string of the molecule is CC(=NC(N)=S)c1ccc(O)cc1. The Labute approximate surface area is 81.9 Å². The number of hydrogen-bond donors (Lipinski definition) is 2. The van der Waals surface area contributed by atoms with E-state index < -0.39 is 0 Å². The van der Waals surface area contributed by atoms with Crippen molar-refractivity contribution in [2.45, 2.75) is 6.92 Å². The van der Waals surface area contributed by atoms with Gasteiger partial charge in [0.2, 0.25) is 0 Å². The highest BCUT2D eigenvalue weighted by Crippen LogP contribution is 2.10. The number of phenols is 1. The molecule has 0 aliphatic carbocycles. The average Bonchev–Trinajstić information content (AvgIpc) is 2.04. The number of rotatable bonds is 1. The van der Waals surface area contributed by atoms with E-state index >= 15 is 0 Å². The molecule has 3 N–H and O–H groups in total. The largest absolute Gasteiger partial charge is 0.508 e. The number of thiocarbonyl (C=S) groups is 1. The molecule has 0 spiro atoms. The number of hydrogen-bond acceptors (Lipinski definition) is 2. The van der Waals surface area contributed by atoms with E-state index in [1.54, 1.807) is 24.3 Å². The second kappa shape index (κ2) is 4.00. The minimum atomic E-state index is 0.116. The third-order valence-electron chi connectivity index (χ3n) is 1.56. The number of nitrogens with two attached hydrogens (primary N) is 1. The molecule has 0 saturated heterocycles. The van der Waals surface area contributed by atoms with Crippen molar-refractivity contribution in [3.8, 4) is 5.75 Å². The summed E-state index contributed by atoms with van der Waals surface area (Å²) in [5.74, 6) is 0.229. The van der Waals surface area contributed by atoms with E-state index in [4.69, 9.17) is 10.8 Å². The lowest BCUT2D eigenvalue weighted by molar-refractivity contribution is 0.475. The average molecular weight is 194 g/mol. The molecule has 1 rings (SSSR count). The van der Waals surface area contributed by atoms with Crippen molar-refractivity contribution in [3.05, 3.63) is 29.8 Å². The first-order valence-electron chi connectivity index (χ1n) is 3.73. The summed E-state index contributed by atoms with van der Waals surface area (Å²) in [6, 6.07) is 6.70. The van der Waals surface area contributed by atoms with Crippen molar-refractivity contribution in [3.63, 3.8) is 0 Å². The Kier molecular flexibility index (Phi) is 2.97. The lowest BCUT2D eigenvalue weighted by Gasteiger charge is -1.99. The molecule has 1 aromatic carbocycles. The van der Waals surface area contributed by atoms with Crippen LogP contribution >= 0.6 is 12.2 Å². The van der Waals surface area contributed by atoms with Gasteiger partial charge in [-0.1, -0.05) is 0 Å². The molecule has 3 nitrogen and oxygen atoms in total. The highest BCUT2D eigenvalue weighted by Gasteiger charge is 1.97. The molecule has 0 fully saturated rings. The molecule has 0 saturated carbocycles. The van der Waals surface area contributed by atoms with Crippen LogP contribution in [0, 0.1) is 0 Å². The second-order valence-corrected chi connectivity index (χ2v) is 3.00. The van der Waals surface area contributed by atoms with E-state index in [-0.39, 0.29) is 10.9 Å². The maximum atomic E-state index is 9.03. The monoisotopic (exact) mass is 194 g/mol. The number of nitrogens with zero attached hydrogens (tertiary/aromatic N) is 1. The topological polar surface area (TPSA) is 58.6 Å². The number of benzene rings is 1. The van der Waals surface area contributed by atoms with Crippen LogP contribution in [0.1, 0.15) is 12.5 Å². The first-order chi connectivity index (χ1) is 6.09. The molecule has 0 heterocycles. The van der Waals surface area contributed by atoms with Crippen molar-refractivity contribution >= 4 is 23.0 Å². The van der Waals surface area contributed by atoms with Gasteiger partial charge in [0.05, 0.1) is 0 Å². The van der Waals surface area contributed by atoms with Crippen molar-refractivity contribution in [2.24, 2.45) is 10.7 Å². The van der Waals surface area contributed by atoms with Gasteiger partial charge in [-0.3, -0.25) is 0 Å². The second-order valence-electron chi connectivity index (χ2n) is 2.58. The fraction of sp³-hybridized carbons (Fsp3) is 0.111. The van der Waals surface area contributed by atoms with Gasteiger partial charge in [-0.15, -0.1) is 0 Å². The van der Waals surface area contributed by atoms with Gasteiger partial charge < -0.3 is 10.8 Å². The van der Waals surface area contributed by atoms with Gasteiger partial charge in [0.1, 0.15) is 5.75 Å². The third kappa shape index (κ3) is 2.83. The van der Waals surface area contributed by atoms with Crippen LogP contribution < -0.4 is 5.73 Å². The molecule has 4 heteroatoms. The van der Waals surface area contributed by atoms with Crippen LogP contribution in [0.2, 0.25) is 0 Å². The van der Waals surface area contributed by atoms with E-state index in [1.165, 1.54) is 0 Å². The molecule has 1 aromatic rings.